The van der Waals surface area contributed by atoms with Gasteiger partial charge in [0.2, 0.25) is 0 Å². The lowest BCUT2D eigenvalue weighted by atomic mass is 9.74. The van der Waals surface area contributed by atoms with Gasteiger partial charge < -0.3 is 5.11 Å². The molecule has 0 spiro atoms. The van der Waals surface area contributed by atoms with Crippen molar-refractivity contribution in [1.82, 2.24) is 0 Å². The Morgan fingerprint density at radius 2 is 1.26 bits per heavy atom. The Morgan fingerprint density at radius 3 is 1.56 bits per heavy atom. The molecule has 0 amide bonds. The molecule has 1 N–H and O–H groups in total. The van der Waals surface area contributed by atoms with Crippen LogP contribution in [0.3, 0.4) is 0 Å². The molecule has 0 aliphatic heterocycles. The number of unbranched alkanes of at least 4 members (excludes halogenated alkanes) is 2. The fourth-order valence-corrected chi connectivity index (χ4v) is 3.72. The third kappa shape index (κ3) is 4.61. The quantitative estimate of drug-likeness (QED) is 0.559. The minimum Gasteiger partial charge on any atom is -0.480 e. The van der Waals surface area contributed by atoms with Gasteiger partial charge in [0, 0.05) is 0 Å². The molecule has 0 aliphatic rings. The van der Waals surface area contributed by atoms with E-state index in [4.69, 9.17) is 0 Å². The zero-order valence-corrected chi connectivity index (χ0v) is 17.6. The second kappa shape index (κ2) is 9.21. The van der Waals surface area contributed by atoms with Crippen molar-refractivity contribution in [2.45, 2.75) is 78.6 Å². The number of carbonyl (C=O) groups is 1. The van der Waals surface area contributed by atoms with E-state index < -0.39 is 11.4 Å². The summed E-state index contributed by atoms with van der Waals surface area (Å²) in [6, 6.07) is 12.4. The van der Waals surface area contributed by atoms with Gasteiger partial charge in [-0.1, -0.05) is 63.1 Å². The Hall–Kier alpha value is -2.09. The molecule has 0 fully saturated rings. The predicted molar refractivity (Wildman–Crippen MR) is 114 cm³/mol. The maximum atomic E-state index is 12.4. The molecule has 27 heavy (non-hydrogen) atoms. The van der Waals surface area contributed by atoms with Crippen molar-refractivity contribution in [3.8, 4) is 0 Å². The molecule has 0 unspecified atom stereocenters. The molecule has 0 radical (unpaired) electrons. The van der Waals surface area contributed by atoms with Crippen LogP contribution in [-0.2, 0) is 23.1 Å². The molecule has 0 aliphatic carbocycles. The average Bonchev–Trinajstić information content (AvgIpc) is 2.65. The highest BCUT2D eigenvalue weighted by Gasteiger charge is 2.37. The van der Waals surface area contributed by atoms with Gasteiger partial charge in [0.15, 0.2) is 0 Å². The van der Waals surface area contributed by atoms with E-state index in [1.165, 1.54) is 22.3 Å². The molecule has 0 bridgehead atoms. The van der Waals surface area contributed by atoms with E-state index in [9.17, 15) is 9.90 Å². The summed E-state index contributed by atoms with van der Waals surface area (Å²) < 4.78 is 0. The van der Waals surface area contributed by atoms with Crippen molar-refractivity contribution < 1.29 is 9.90 Å². The SMILES string of the molecule is CCCCc1ccc(C(C)(C(=O)O)c2ccc(CCCC)c(C)c2)cc1C. The number of aliphatic carboxylic acids is 1. The molecule has 2 aromatic carbocycles. The first-order valence-electron chi connectivity index (χ1n) is 10.3. The van der Waals surface area contributed by atoms with Crippen molar-refractivity contribution in [1.29, 1.82) is 0 Å². The highest BCUT2D eigenvalue weighted by Crippen LogP contribution is 2.35. The van der Waals surface area contributed by atoms with Crippen molar-refractivity contribution in [3.63, 3.8) is 0 Å². The van der Waals surface area contributed by atoms with Crippen LogP contribution in [0.2, 0.25) is 0 Å². The lowest BCUT2D eigenvalue weighted by molar-refractivity contribution is -0.141. The van der Waals surface area contributed by atoms with Crippen LogP contribution in [0.15, 0.2) is 36.4 Å². The third-order valence-corrected chi connectivity index (χ3v) is 5.87. The fraction of sp³-hybridized carbons (Fsp3) is 0.480. The van der Waals surface area contributed by atoms with Gasteiger partial charge in [0.05, 0.1) is 0 Å². The standard InChI is InChI=1S/C25H34O2/c1-6-8-10-20-12-14-22(16-18(20)3)25(5,24(26)27)23-15-13-21(11-9-7-2)19(4)17-23/h12-17H,6-11H2,1-5H3,(H,26,27). The summed E-state index contributed by atoms with van der Waals surface area (Å²) >= 11 is 0. The van der Waals surface area contributed by atoms with Crippen LogP contribution in [0.25, 0.3) is 0 Å². The average molecular weight is 367 g/mol. The van der Waals surface area contributed by atoms with E-state index in [0.717, 1.165) is 49.7 Å². The molecule has 2 rings (SSSR count). The minimum absolute atomic E-state index is 0.802. The summed E-state index contributed by atoms with van der Waals surface area (Å²) in [5.41, 5.74) is 5.68. The van der Waals surface area contributed by atoms with E-state index in [1.807, 2.05) is 19.1 Å². The van der Waals surface area contributed by atoms with Crippen LogP contribution in [-0.4, -0.2) is 11.1 Å². The molecule has 2 nitrogen and oxygen atoms in total. The molecule has 2 heteroatoms. The fourth-order valence-electron chi connectivity index (χ4n) is 3.72. The summed E-state index contributed by atoms with van der Waals surface area (Å²) in [5, 5.41) is 10.1. The van der Waals surface area contributed by atoms with Crippen molar-refractivity contribution in [3.05, 3.63) is 69.8 Å². The maximum Gasteiger partial charge on any atom is 0.318 e. The Balaban J connectivity index is 2.44. The van der Waals surface area contributed by atoms with Gasteiger partial charge in [-0.15, -0.1) is 0 Å². The van der Waals surface area contributed by atoms with Crippen molar-refractivity contribution >= 4 is 5.97 Å². The molecule has 146 valence electrons. The van der Waals surface area contributed by atoms with Crippen LogP contribution in [0.4, 0.5) is 0 Å². The van der Waals surface area contributed by atoms with Gasteiger partial charge >= 0.3 is 5.97 Å². The monoisotopic (exact) mass is 366 g/mol. The van der Waals surface area contributed by atoms with Crippen molar-refractivity contribution in [2.24, 2.45) is 0 Å². The topological polar surface area (TPSA) is 37.3 Å². The Morgan fingerprint density at radius 1 is 0.852 bits per heavy atom. The van der Waals surface area contributed by atoms with Crippen LogP contribution in [0.5, 0.6) is 0 Å². The second-order valence-corrected chi connectivity index (χ2v) is 7.92. The first-order valence-corrected chi connectivity index (χ1v) is 10.3. The minimum atomic E-state index is -1.04. The molecule has 0 saturated carbocycles. The number of rotatable bonds is 9. The molecule has 0 saturated heterocycles. The van der Waals surface area contributed by atoms with Crippen LogP contribution in [0.1, 0.15) is 79.8 Å². The van der Waals surface area contributed by atoms with E-state index in [0.29, 0.717) is 0 Å². The molecular weight excluding hydrogens is 332 g/mol. The Kier molecular flexibility index (Phi) is 7.24. The van der Waals surface area contributed by atoms with E-state index in [2.05, 4.69) is 52.0 Å². The zero-order valence-electron chi connectivity index (χ0n) is 17.6. The summed E-state index contributed by atoms with van der Waals surface area (Å²) in [5.74, 6) is -0.802. The lowest BCUT2D eigenvalue weighted by Crippen LogP contribution is -2.34. The highest BCUT2D eigenvalue weighted by molar-refractivity contribution is 5.85. The third-order valence-electron chi connectivity index (χ3n) is 5.87. The number of carboxylic acid groups (broad SMARTS) is 1. The van der Waals surface area contributed by atoms with Gasteiger partial charge in [-0.2, -0.15) is 0 Å². The molecular formula is C25H34O2. The zero-order chi connectivity index (χ0) is 20.0. The van der Waals surface area contributed by atoms with Gasteiger partial charge in [-0.05, 0) is 79.8 Å². The first-order chi connectivity index (χ1) is 12.8. The van der Waals surface area contributed by atoms with Gasteiger partial charge in [0.1, 0.15) is 5.41 Å². The van der Waals surface area contributed by atoms with E-state index in [-0.39, 0.29) is 0 Å². The normalized spacial score (nSPS) is 11.6. The van der Waals surface area contributed by atoms with Gasteiger partial charge in [0.25, 0.3) is 0 Å². The van der Waals surface area contributed by atoms with Crippen LogP contribution < -0.4 is 0 Å². The van der Waals surface area contributed by atoms with Gasteiger partial charge in [-0.3, -0.25) is 4.79 Å². The second-order valence-electron chi connectivity index (χ2n) is 7.92. The first kappa shape index (κ1) is 21.2. The van der Waals surface area contributed by atoms with Crippen molar-refractivity contribution in [2.75, 3.05) is 0 Å². The lowest BCUT2D eigenvalue weighted by Gasteiger charge is -2.28. The number of aryl methyl sites for hydroxylation is 4. The molecule has 0 heterocycles. The van der Waals surface area contributed by atoms with E-state index >= 15 is 0 Å². The predicted octanol–water partition coefficient (Wildman–Crippen LogP) is 6.38. The van der Waals surface area contributed by atoms with E-state index in [1.54, 1.807) is 0 Å². The smallest absolute Gasteiger partial charge is 0.318 e. The molecule has 2 aromatic rings. The maximum absolute atomic E-state index is 12.4. The van der Waals surface area contributed by atoms with Gasteiger partial charge in [-0.25, -0.2) is 0 Å². The summed E-state index contributed by atoms with van der Waals surface area (Å²) in [7, 11) is 0. The Bertz CT molecular complexity index is 731. The number of hydrogen-bond acceptors (Lipinski definition) is 1. The molecule has 0 atom stereocenters. The number of carboxylic acids is 1. The van der Waals surface area contributed by atoms with Crippen LogP contribution in [0, 0.1) is 13.8 Å². The Labute approximate surface area is 164 Å². The largest absolute Gasteiger partial charge is 0.480 e. The molecule has 0 aromatic heterocycles. The highest BCUT2D eigenvalue weighted by atomic mass is 16.4. The summed E-state index contributed by atoms with van der Waals surface area (Å²) in [4.78, 5) is 12.4. The number of benzene rings is 2. The summed E-state index contributed by atoms with van der Waals surface area (Å²) in [6.45, 7) is 10.4. The number of hydrogen-bond donors (Lipinski definition) is 1. The summed E-state index contributed by atoms with van der Waals surface area (Å²) in [6.07, 6.45) is 6.76. The van der Waals surface area contributed by atoms with Crippen LogP contribution >= 0.6 is 0 Å².